The van der Waals surface area contributed by atoms with Crippen LogP contribution in [0.4, 0.5) is 11.6 Å². The number of carbonyl (C=O) groups is 2. The number of nitrogens with one attached hydrogen (secondary N) is 1. The van der Waals surface area contributed by atoms with E-state index in [-0.39, 0.29) is 11.7 Å². The predicted molar refractivity (Wildman–Crippen MR) is 107 cm³/mol. The number of thioether (sulfide) groups is 1. The Bertz CT molecular complexity index is 892. The summed E-state index contributed by atoms with van der Waals surface area (Å²) < 4.78 is 7.45. The molecule has 1 amide bonds. The molecule has 0 atom stereocenters. The van der Waals surface area contributed by atoms with E-state index in [1.54, 1.807) is 6.07 Å². The second kappa shape index (κ2) is 8.32. The number of nitrogens with zero attached hydrogens (tertiary/aromatic N) is 4. The molecule has 0 aliphatic carbocycles. The van der Waals surface area contributed by atoms with E-state index in [1.807, 2.05) is 16.7 Å². The fourth-order valence-corrected chi connectivity index (χ4v) is 4.32. The van der Waals surface area contributed by atoms with Crippen LogP contribution in [-0.2, 0) is 22.5 Å². The Morgan fingerprint density at radius 3 is 2.86 bits per heavy atom. The number of aryl methyl sites for hydroxylation is 1. The van der Waals surface area contributed by atoms with Crippen molar-refractivity contribution >= 4 is 35.1 Å². The van der Waals surface area contributed by atoms with Gasteiger partial charge in [0.1, 0.15) is 0 Å². The standard InChI is InChI=1S/C19H23N5O3S/c1-2-24-18(23-7-9-27-10-8-23)21-22-19(24)28-12-16(25)14-3-5-15-13(11-14)4-6-17(26)20-15/h3,5,11H,2,4,6-10,12H2,1H3,(H,20,26). The molecule has 28 heavy (non-hydrogen) atoms. The van der Waals surface area contributed by atoms with Crippen LogP contribution in [0.25, 0.3) is 0 Å². The number of Topliss-reactive ketones (excluding diaryl/α,β-unsaturated/α-hetero) is 1. The lowest BCUT2D eigenvalue weighted by molar-refractivity contribution is -0.116. The minimum Gasteiger partial charge on any atom is -0.378 e. The van der Waals surface area contributed by atoms with Gasteiger partial charge >= 0.3 is 0 Å². The van der Waals surface area contributed by atoms with Crippen LogP contribution >= 0.6 is 11.8 Å². The van der Waals surface area contributed by atoms with Crippen molar-refractivity contribution in [1.29, 1.82) is 0 Å². The molecule has 2 aliphatic heterocycles. The average Bonchev–Trinajstić information content (AvgIpc) is 3.15. The largest absolute Gasteiger partial charge is 0.378 e. The molecule has 4 rings (SSSR count). The van der Waals surface area contributed by atoms with Gasteiger partial charge in [0.05, 0.1) is 19.0 Å². The van der Waals surface area contributed by atoms with Gasteiger partial charge in [0.2, 0.25) is 11.9 Å². The zero-order valence-corrected chi connectivity index (χ0v) is 16.6. The van der Waals surface area contributed by atoms with E-state index in [2.05, 4.69) is 27.3 Å². The Labute approximate surface area is 167 Å². The van der Waals surface area contributed by atoms with Crippen molar-refractivity contribution in [3.8, 4) is 0 Å². The Balaban J connectivity index is 1.44. The molecule has 3 heterocycles. The summed E-state index contributed by atoms with van der Waals surface area (Å²) in [6, 6.07) is 5.48. The topological polar surface area (TPSA) is 89.3 Å². The Morgan fingerprint density at radius 1 is 1.25 bits per heavy atom. The van der Waals surface area contributed by atoms with Gasteiger partial charge in [0.15, 0.2) is 10.9 Å². The lowest BCUT2D eigenvalue weighted by atomic mass is 9.99. The number of benzene rings is 1. The predicted octanol–water partition coefficient (Wildman–Crippen LogP) is 1.99. The molecule has 0 saturated carbocycles. The van der Waals surface area contributed by atoms with Gasteiger partial charge in [0.25, 0.3) is 0 Å². The molecule has 1 aromatic carbocycles. The molecule has 0 unspecified atom stereocenters. The van der Waals surface area contributed by atoms with Gasteiger partial charge in [-0.2, -0.15) is 0 Å². The normalized spacial score (nSPS) is 16.6. The van der Waals surface area contributed by atoms with E-state index in [4.69, 9.17) is 4.74 Å². The van der Waals surface area contributed by atoms with Crippen LogP contribution in [0.15, 0.2) is 23.4 Å². The highest BCUT2D eigenvalue weighted by atomic mass is 32.2. The number of hydrogen-bond donors (Lipinski definition) is 1. The maximum Gasteiger partial charge on any atom is 0.228 e. The lowest BCUT2D eigenvalue weighted by Crippen LogP contribution is -2.38. The first kappa shape index (κ1) is 18.9. The molecule has 1 saturated heterocycles. The van der Waals surface area contributed by atoms with Gasteiger partial charge in [-0.3, -0.25) is 14.2 Å². The number of ketones is 1. The number of ether oxygens (including phenoxy) is 1. The number of hydrogen-bond acceptors (Lipinski definition) is 7. The summed E-state index contributed by atoms with van der Waals surface area (Å²) in [5.41, 5.74) is 2.49. The molecule has 1 fully saturated rings. The van der Waals surface area contributed by atoms with E-state index in [0.717, 1.165) is 42.0 Å². The van der Waals surface area contributed by atoms with Gasteiger partial charge < -0.3 is 15.0 Å². The summed E-state index contributed by atoms with van der Waals surface area (Å²) in [6.07, 6.45) is 1.13. The van der Waals surface area contributed by atoms with Gasteiger partial charge in [-0.25, -0.2) is 0 Å². The van der Waals surface area contributed by atoms with E-state index in [9.17, 15) is 9.59 Å². The maximum absolute atomic E-state index is 12.7. The molecule has 1 aromatic heterocycles. The number of aromatic nitrogens is 3. The third-order valence-electron chi connectivity index (χ3n) is 4.96. The summed E-state index contributed by atoms with van der Waals surface area (Å²) in [5, 5.41) is 12.2. The smallest absolute Gasteiger partial charge is 0.228 e. The molecule has 0 spiro atoms. The number of rotatable bonds is 6. The third-order valence-corrected chi connectivity index (χ3v) is 5.93. The first-order valence-corrected chi connectivity index (χ1v) is 10.5. The Hall–Kier alpha value is -2.39. The SMILES string of the molecule is CCn1c(SCC(=O)c2ccc3c(c2)CCC(=O)N3)nnc1N1CCOCC1. The number of amides is 1. The van der Waals surface area contributed by atoms with Crippen molar-refractivity contribution in [1.82, 2.24) is 14.8 Å². The van der Waals surface area contributed by atoms with Gasteiger partial charge in [-0.1, -0.05) is 11.8 Å². The van der Waals surface area contributed by atoms with Crippen molar-refractivity contribution in [3.05, 3.63) is 29.3 Å². The number of carbonyl (C=O) groups excluding carboxylic acids is 2. The van der Waals surface area contributed by atoms with Gasteiger partial charge in [0, 0.05) is 37.3 Å². The van der Waals surface area contributed by atoms with Crippen LogP contribution in [0.1, 0.15) is 29.3 Å². The van der Waals surface area contributed by atoms with Crippen LogP contribution in [0.2, 0.25) is 0 Å². The number of fused-ring (bicyclic) bond motifs is 1. The minimum atomic E-state index is 0.0251. The lowest BCUT2D eigenvalue weighted by Gasteiger charge is -2.27. The zero-order chi connectivity index (χ0) is 19.5. The molecule has 0 bridgehead atoms. The van der Waals surface area contributed by atoms with Crippen molar-refractivity contribution in [2.45, 2.75) is 31.5 Å². The first-order valence-electron chi connectivity index (χ1n) is 9.50. The highest BCUT2D eigenvalue weighted by Gasteiger charge is 2.21. The molecular formula is C19H23N5O3S. The van der Waals surface area contributed by atoms with Crippen molar-refractivity contribution in [2.24, 2.45) is 0 Å². The van der Waals surface area contributed by atoms with E-state index < -0.39 is 0 Å². The zero-order valence-electron chi connectivity index (χ0n) is 15.8. The number of anilines is 2. The second-order valence-corrected chi connectivity index (χ2v) is 7.70. The first-order chi connectivity index (χ1) is 13.7. The van der Waals surface area contributed by atoms with Crippen LogP contribution in [0.5, 0.6) is 0 Å². The van der Waals surface area contributed by atoms with E-state index in [0.29, 0.717) is 37.4 Å². The molecule has 9 heteroatoms. The molecule has 1 N–H and O–H groups in total. The second-order valence-electron chi connectivity index (χ2n) is 6.76. The third kappa shape index (κ3) is 3.90. The molecule has 0 radical (unpaired) electrons. The molecule has 2 aliphatic rings. The van der Waals surface area contributed by atoms with Gasteiger partial charge in [-0.15, -0.1) is 10.2 Å². The summed E-state index contributed by atoms with van der Waals surface area (Å²) in [6.45, 7) is 5.78. The maximum atomic E-state index is 12.7. The fraction of sp³-hybridized carbons (Fsp3) is 0.474. The van der Waals surface area contributed by atoms with E-state index in [1.165, 1.54) is 11.8 Å². The molecule has 148 valence electrons. The van der Waals surface area contributed by atoms with Gasteiger partial charge in [-0.05, 0) is 37.1 Å². The summed E-state index contributed by atoms with van der Waals surface area (Å²) in [4.78, 5) is 26.3. The van der Waals surface area contributed by atoms with Crippen LogP contribution in [0.3, 0.4) is 0 Å². The number of morpholine rings is 1. The minimum absolute atomic E-state index is 0.0251. The average molecular weight is 401 g/mol. The monoisotopic (exact) mass is 401 g/mol. The van der Waals surface area contributed by atoms with Crippen LogP contribution in [0, 0.1) is 0 Å². The molecule has 2 aromatic rings. The van der Waals surface area contributed by atoms with Crippen molar-refractivity contribution < 1.29 is 14.3 Å². The van der Waals surface area contributed by atoms with Crippen molar-refractivity contribution in [3.63, 3.8) is 0 Å². The molecule has 8 nitrogen and oxygen atoms in total. The molecular weight excluding hydrogens is 378 g/mol. The Morgan fingerprint density at radius 2 is 2.07 bits per heavy atom. The van der Waals surface area contributed by atoms with Crippen LogP contribution in [-0.4, -0.2) is 58.5 Å². The fourth-order valence-electron chi connectivity index (χ4n) is 3.43. The van der Waals surface area contributed by atoms with Crippen LogP contribution < -0.4 is 10.2 Å². The highest BCUT2D eigenvalue weighted by molar-refractivity contribution is 7.99. The quantitative estimate of drug-likeness (QED) is 0.585. The highest BCUT2D eigenvalue weighted by Crippen LogP contribution is 2.26. The summed E-state index contributed by atoms with van der Waals surface area (Å²) in [7, 11) is 0. The summed E-state index contributed by atoms with van der Waals surface area (Å²) >= 11 is 1.41. The van der Waals surface area contributed by atoms with Crippen molar-refractivity contribution in [2.75, 3.05) is 42.3 Å². The van der Waals surface area contributed by atoms with E-state index >= 15 is 0 Å². The Kier molecular flexibility index (Phi) is 5.63. The summed E-state index contributed by atoms with van der Waals surface area (Å²) in [5.74, 6) is 1.21.